The SMILES string of the molecule is Cc1ccc(CSCCNC(=O)c2ccccc2Br)cc1. The number of nitrogens with one attached hydrogen (secondary N) is 1. The lowest BCUT2D eigenvalue weighted by molar-refractivity contribution is 0.0955. The van der Waals surface area contributed by atoms with Crippen molar-refractivity contribution < 1.29 is 4.79 Å². The van der Waals surface area contributed by atoms with Gasteiger partial charge < -0.3 is 5.32 Å². The van der Waals surface area contributed by atoms with Gasteiger partial charge in [0.15, 0.2) is 0 Å². The molecule has 2 aromatic rings. The molecule has 0 saturated heterocycles. The van der Waals surface area contributed by atoms with Crippen LogP contribution in [0.1, 0.15) is 21.5 Å². The Kier molecular flexibility index (Phi) is 6.33. The average Bonchev–Trinajstić information content (AvgIpc) is 2.49. The van der Waals surface area contributed by atoms with E-state index in [1.807, 2.05) is 36.0 Å². The van der Waals surface area contributed by atoms with Gasteiger partial charge in [0.25, 0.3) is 5.91 Å². The third-order valence-corrected chi connectivity index (χ3v) is 4.76. The van der Waals surface area contributed by atoms with Crippen LogP contribution >= 0.6 is 27.7 Å². The van der Waals surface area contributed by atoms with Gasteiger partial charge in [-0.15, -0.1) is 0 Å². The summed E-state index contributed by atoms with van der Waals surface area (Å²) < 4.78 is 0.829. The highest BCUT2D eigenvalue weighted by Crippen LogP contribution is 2.16. The molecule has 0 spiro atoms. The van der Waals surface area contributed by atoms with Crippen LogP contribution in [-0.2, 0) is 5.75 Å². The molecule has 0 aliphatic heterocycles. The van der Waals surface area contributed by atoms with Crippen LogP contribution in [-0.4, -0.2) is 18.2 Å². The maximum Gasteiger partial charge on any atom is 0.252 e. The summed E-state index contributed by atoms with van der Waals surface area (Å²) in [5.41, 5.74) is 3.29. The molecule has 2 nitrogen and oxygen atoms in total. The number of benzene rings is 2. The van der Waals surface area contributed by atoms with E-state index in [9.17, 15) is 4.79 Å². The second-order valence-electron chi connectivity index (χ2n) is 4.77. The summed E-state index contributed by atoms with van der Waals surface area (Å²) in [6.07, 6.45) is 0. The predicted octanol–water partition coefficient (Wildman–Crippen LogP) is 4.42. The molecule has 1 amide bonds. The number of amides is 1. The van der Waals surface area contributed by atoms with E-state index in [0.717, 1.165) is 16.0 Å². The van der Waals surface area contributed by atoms with Crippen molar-refractivity contribution in [1.82, 2.24) is 5.32 Å². The standard InChI is InChI=1S/C17H18BrNOS/c1-13-6-8-14(9-7-13)12-21-11-10-19-17(20)15-4-2-3-5-16(15)18/h2-9H,10-12H2,1H3,(H,19,20). The number of halogens is 1. The van der Waals surface area contributed by atoms with E-state index in [1.165, 1.54) is 11.1 Å². The molecule has 0 heterocycles. The summed E-state index contributed by atoms with van der Waals surface area (Å²) in [6.45, 7) is 2.77. The van der Waals surface area contributed by atoms with Gasteiger partial charge in [-0.25, -0.2) is 0 Å². The molecule has 4 heteroatoms. The van der Waals surface area contributed by atoms with Crippen molar-refractivity contribution in [2.75, 3.05) is 12.3 Å². The zero-order valence-corrected chi connectivity index (χ0v) is 14.3. The van der Waals surface area contributed by atoms with Crippen molar-refractivity contribution in [1.29, 1.82) is 0 Å². The molecule has 0 aliphatic carbocycles. The van der Waals surface area contributed by atoms with E-state index < -0.39 is 0 Å². The van der Waals surface area contributed by atoms with Crippen LogP contribution in [0.4, 0.5) is 0 Å². The molecule has 0 fully saturated rings. The predicted molar refractivity (Wildman–Crippen MR) is 93.8 cm³/mol. The second-order valence-corrected chi connectivity index (χ2v) is 6.73. The van der Waals surface area contributed by atoms with E-state index >= 15 is 0 Å². The first-order valence-corrected chi connectivity index (χ1v) is 8.77. The maximum absolute atomic E-state index is 12.0. The quantitative estimate of drug-likeness (QED) is 0.769. The number of rotatable bonds is 6. The average molecular weight is 364 g/mol. The highest BCUT2D eigenvalue weighted by atomic mass is 79.9. The minimum atomic E-state index is -0.0292. The third kappa shape index (κ3) is 5.21. The van der Waals surface area contributed by atoms with E-state index in [2.05, 4.69) is 52.4 Å². The smallest absolute Gasteiger partial charge is 0.252 e. The van der Waals surface area contributed by atoms with Gasteiger partial charge in [0.05, 0.1) is 5.56 Å². The summed E-state index contributed by atoms with van der Waals surface area (Å²) in [4.78, 5) is 12.0. The topological polar surface area (TPSA) is 29.1 Å². The van der Waals surface area contributed by atoms with Gasteiger partial charge in [-0.05, 0) is 40.5 Å². The van der Waals surface area contributed by atoms with Crippen LogP contribution in [0.3, 0.4) is 0 Å². The van der Waals surface area contributed by atoms with Gasteiger partial charge >= 0.3 is 0 Å². The lowest BCUT2D eigenvalue weighted by atomic mass is 10.2. The minimum absolute atomic E-state index is 0.0292. The van der Waals surface area contributed by atoms with Crippen molar-refractivity contribution in [2.45, 2.75) is 12.7 Å². The number of carbonyl (C=O) groups excluding carboxylic acids is 1. The maximum atomic E-state index is 12.0. The fourth-order valence-corrected chi connectivity index (χ4v) is 3.14. The van der Waals surface area contributed by atoms with Gasteiger partial charge in [-0.3, -0.25) is 4.79 Å². The first-order valence-electron chi connectivity index (χ1n) is 6.83. The Balaban J connectivity index is 1.69. The molecule has 1 N–H and O–H groups in total. The molecular weight excluding hydrogens is 346 g/mol. The van der Waals surface area contributed by atoms with Gasteiger partial charge in [0.1, 0.15) is 0 Å². The first-order chi connectivity index (χ1) is 10.2. The number of thioether (sulfide) groups is 1. The molecule has 0 radical (unpaired) electrons. The van der Waals surface area contributed by atoms with Gasteiger partial charge in [0, 0.05) is 22.5 Å². The molecule has 0 atom stereocenters. The van der Waals surface area contributed by atoms with Crippen molar-refractivity contribution in [3.63, 3.8) is 0 Å². The number of hydrogen-bond acceptors (Lipinski definition) is 2. The van der Waals surface area contributed by atoms with Crippen molar-refractivity contribution >= 4 is 33.6 Å². The molecule has 0 unspecified atom stereocenters. The van der Waals surface area contributed by atoms with E-state index in [0.29, 0.717) is 12.1 Å². The molecule has 2 rings (SSSR count). The first kappa shape index (κ1) is 16.1. The Hall–Kier alpha value is -1.26. The Bertz CT molecular complexity index is 598. The second kappa shape index (κ2) is 8.25. The molecule has 2 aromatic carbocycles. The fraction of sp³-hybridized carbons (Fsp3) is 0.235. The fourth-order valence-electron chi connectivity index (χ4n) is 1.85. The van der Waals surface area contributed by atoms with Crippen LogP contribution in [0.2, 0.25) is 0 Å². The zero-order valence-electron chi connectivity index (χ0n) is 11.9. The van der Waals surface area contributed by atoms with Crippen molar-refractivity contribution in [3.8, 4) is 0 Å². The Morgan fingerprint density at radius 3 is 2.57 bits per heavy atom. The third-order valence-electron chi connectivity index (χ3n) is 3.04. The molecular formula is C17H18BrNOS. The van der Waals surface area contributed by atoms with Crippen LogP contribution in [0, 0.1) is 6.92 Å². The summed E-state index contributed by atoms with van der Waals surface area (Å²) in [7, 11) is 0. The normalized spacial score (nSPS) is 10.4. The molecule has 0 aliphatic rings. The zero-order chi connectivity index (χ0) is 15.1. The number of carbonyl (C=O) groups is 1. The van der Waals surface area contributed by atoms with E-state index in [-0.39, 0.29) is 5.91 Å². The minimum Gasteiger partial charge on any atom is -0.351 e. The largest absolute Gasteiger partial charge is 0.351 e. The van der Waals surface area contributed by atoms with Gasteiger partial charge in [-0.1, -0.05) is 42.0 Å². The van der Waals surface area contributed by atoms with Gasteiger partial charge in [-0.2, -0.15) is 11.8 Å². The van der Waals surface area contributed by atoms with Gasteiger partial charge in [0.2, 0.25) is 0 Å². The summed E-state index contributed by atoms with van der Waals surface area (Å²) in [6, 6.07) is 16.0. The summed E-state index contributed by atoms with van der Waals surface area (Å²) in [5.74, 6) is 1.85. The van der Waals surface area contributed by atoms with Crippen LogP contribution in [0.5, 0.6) is 0 Å². The molecule has 0 aromatic heterocycles. The number of hydrogen-bond donors (Lipinski definition) is 1. The summed E-state index contributed by atoms with van der Waals surface area (Å²) in [5, 5.41) is 2.95. The van der Waals surface area contributed by atoms with Crippen molar-refractivity contribution in [2.24, 2.45) is 0 Å². The van der Waals surface area contributed by atoms with Crippen molar-refractivity contribution in [3.05, 3.63) is 69.7 Å². The lowest BCUT2D eigenvalue weighted by Crippen LogP contribution is -2.26. The molecule has 21 heavy (non-hydrogen) atoms. The van der Waals surface area contributed by atoms with Crippen LogP contribution in [0.15, 0.2) is 53.0 Å². The summed E-state index contributed by atoms with van der Waals surface area (Å²) >= 11 is 5.22. The Morgan fingerprint density at radius 2 is 1.86 bits per heavy atom. The lowest BCUT2D eigenvalue weighted by Gasteiger charge is -2.07. The van der Waals surface area contributed by atoms with E-state index in [1.54, 1.807) is 0 Å². The highest BCUT2D eigenvalue weighted by molar-refractivity contribution is 9.10. The molecule has 0 saturated carbocycles. The Morgan fingerprint density at radius 1 is 1.14 bits per heavy atom. The Labute approximate surface area is 138 Å². The van der Waals surface area contributed by atoms with Crippen LogP contribution in [0.25, 0.3) is 0 Å². The van der Waals surface area contributed by atoms with E-state index in [4.69, 9.17) is 0 Å². The monoisotopic (exact) mass is 363 g/mol. The van der Waals surface area contributed by atoms with Crippen LogP contribution < -0.4 is 5.32 Å². The number of aryl methyl sites for hydroxylation is 1. The molecule has 110 valence electrons. The molecule has 0 bridgehead atoms. The highest BCUT2D eigenvalue weighted by Gasteiger charge is 2.07.